The van der Waals surface area contributed by atoms with E-state index in [1.807, 2.05) is 18.2 Å². The zero-order chi connectivity index (χ0) is 17.6. The van der Waals surface area contributed by atoms with E-state index in [4.69, 9.17) is 21.1 Å². The van der Waals surface area contributed by atoms with Crippen LogP contribution in [0.2, 0.25) is 5.02 Å². The number of benzene rings is 2. The molecule has 1 N–H and O–H groups in total. The number of carbonyl (C=O) groups is 2. The van der Waals surface area contributed by atoms with Crippen molar-refractivity contribution in [2.45, 2.75) is 19.3 Å². The molecule has 3 rings (SSSR count). The van der Waals surface area contributed by atoms with E-state index < -0.39 is 5.97 Å². The van der Waals surface area contributed by atoms with Gasteiger partial charge in [-0.2, -0.15) is 0 Å². The number of halogens is 1. The molecule has 0 radical (unpaired) electrons. The minimum absolute atomic E-state index is 0.310. The smallest absolute Gasteiger partial charge is 0.344 e. The molecular weight excluding hydrogens is 342 g/mol. The number of rotatable bonds is 6. The lowest BCUT2D eigenvalue weighted by atomic mass is 10.1. The van der Waals surface area contributed by atoms with Gasteiger partial charge in [-0.1, -0.05) is 29.8 Å². The van der Waals surface area contributed by atoms with Gasteiger partial charge in [0.1, 0.15) is 5.75 Å². The lowest BCUT2D eigenvalue weighted by molar-refractivity contribution is -0.149. The molecule has 0 aromatic heterocycles. The minimum atomic E-state index is -0.635. The molecule has 0 aliphatic heterocycles. The Morgan fingerprint density at radius 3 is 2.68 bits per heavy atom. The summed E-state index contributed by atoms with van der Waals surface area (Å²) in [5.41, 5.74) is 3.32. The molecule has 5 nitrogen and oxygen atoms in total. The lowest BCUT2D eigenvalue weighted by Gasteiger charge is -2.09. The van der Waals surface area contributed by atoms with Crippen molar-refractivity contribution in [2.24, 2.45) is 0 Å². The molecule has 2 aromatic rings. The van der Waals surface area contributed by atoms with E-state index in [2.05, 4.69) is 5.32 Å². The third-order valence-electron chi connectivity index (χ3n) is 3.93. The predicted octanol–water partition coefficient (Wildman–Crippen LogP) is 3.39. The average Bonchev–Trinajstić information content (AvgIpc) is 3.07. The van der Waals surface area contributed by atoms with Gasteiger partial charge in [-0.3, -0.25) is 4.79 Å². The van der Waals surface area contributed by atoms with Gasteiger partial charge in [0.2, 0.25) is 0 Å². The molecule has 0 saturated heterocycles. The standard InChI is InChI=1S/C19H18ClNO4/c20-16-6-1-2-7-17(16)24-12-19(23)25-11-18(22)21-15-9-8-13-4-3-5-14(13)10-15/h1-2,6-10H,3-5,11-12H2,(H,21,22). The fourth-order valence-electron chi connectivity index (χ4n) is 2.73. The number of anilines is 1. The van der Waals surface area contributed by atoms with Crippen LogP contribution in [0.5, 0.6) is 5.75 Å². The Hall–Kier alpha value is -2.53. The van der Waals surface area contributed by atoms with Crippen LogP contribution in [0.25, 0.3) is 0 Å². The zero-order valence-corrected chi connectivity index (χ0v) is 14.3. The highest BCUT2D eigenvalue weighted by Gasteiger charge is 2.13. The van der Waals surface area contributed by atoms with Gasteiger partial charge >= 0.3 is 5.97 Å². The SMILES string of the molecule is O=C(COC(=O)COc1ccccc1Cl)Nc1ccc2c(c1)CCC2. The van der Waals surface area contributed by atoms with Crippen LogP contribution in [0, 0.1) is 0 Å². The first-order chi connectivity index (χ1) is 12.1. The van der Waals surface area contributed by atoms with E-state index in [9.17, 15) is 9.59 Å². The van der Waals surface area contributed by atoms with Crippen molar-refractivity contribution in [3.63, 3.8) is 0 Å². The molecular formula is C19H18ClNO4. The first kappa shape index (κ1) is 17.3. The molecule has 1 aliphatic carbocycles. The van der Waals surface area contributed by atoms with Crippen molar-refractivity contribution in [1.82, 2.24) is 0 Å². The van der Waals surface area contributed by atoms with Crippen molar-refractivity contribution in [2.75, 3.05) is 18.5 Å². The summed E-state index contributed by atoms with van der Waals surface area (Å²) in [6.07, 6.45) is 3.27. The van der Waals surface area contributed by atoms with Gasteiger partial charge in [0.05, 0.1) is 5.02 Å². The second kappa shape index (κ2) is 8.03. The van der Waals surface area contributed by atoms with Gasteiger partial charge in [-0.25, -0.2) is 4.79 Å². The summed E-state index contributed by atoms with van der Waals surface area (Å²) in [5.74, 6) is -0.628. The molecule has 0 spiro atoms. The number of carbonyl (C=O) groups excluding carboxylic acids is 2. The largest absolute Gasteiger partial charge is 0.480 e. The molecule has 1 amide bonds. The van der Waals surface area contributed by atoms with E-state index in [0.717, 1.165) is 19.3 Å². The molecule has 6 heteroatoms. The van der Waals surface area contributed by atoms with Crippen LogP contribution in [-0.2, 0) is 27.2 Å². The number of hydrogen-bond acceptors (Lipinski definition) is 4. The first-order valence-electron chi connectivity index (χ1n) is 8.06. The number of para-hydroxylation sites is 1. The van der Waals surface area contributed by atoms with Gasteiger partial charge in [0.15, 0.2) is 13.2 Å². The van der Waals surface area contributed by atoms with Gasteiger partial charge < -0.3 is 14.8 Å². The maximum Gasteiger partial charge on any atom is 0.344 e. The number of ether oxygens (including phenoxy) is 2. The van der Waals surface area contributed by atoms with Crippen LogP contribution in [0.15, 0.2) is 42.5 Å². The molecule has 130 valence electrons. The maximum atomic E-state index is 11.9. The predicted molar refractivity (Wildman–Crippen MR) is 95.0 cm³/mol. The van der Waals surface area contributed by atoms with Crippen LogP contribution < -0.4 is 10.1 Å². The number of fused-ring (bicyclic) bond motifs is 1. The summed E-state index contributed by atoms with van der Waals surface area (Å²) in [7, 11) is 0. The van der Waals surface area contributed by atoms with Crippen molar-refractivity contribution >= 4 is 29.2 Å². The molecule has 2 aromatic carbocycles. The Balaban J connectivity index is 1.42. The van der Waals surface area contributed by atoms with E-state index >= 15 is 0 Å². The highest BCUT2D eigenvalue weighted by molar-refractivity contribution is 6.32. The summed E-state index contributed by atoms with van der Waals surface area (Å²) in [4.78, 5) is 23.6. The summed E-state index contributed by atoms with van der Waals surface area (Å²) in [6.45, 7) is -0.669. The van der Waals surface area contributed by atoms with Crippen molar-refractivity contribution in [1.29, 1.82) is 0 Å². The Labute approximate surface area is 150 Å². The van der Waals surface area contributed by atoms with Gasteiger partial charge in [-0.15, -0.1) is 0 Å². The number of esters is 1. The molecule has 1 aliphatic rings. The Bertz CT molecular complexity index is 791. The molecule has 0 heterocycles. The summed E-state index contributed by atoms with van der Waals surface area (Å²) < 4.78 is 10.2. The van der Waals surface area contributed by atoms with Crippen LogP contribution in [0.4, 0.5) is 5.69 Å². The number of amides is 1. The minimum Gasteiger partial charge on any atom is -0.480 e. The van der Waals surface area contributed by atoms with E-state index in [1.54, 1.807) is 24.3 Å². The van der Waals surface area contributed by atoms with E-state index in [0.29, 0.717) is 16.5 Å². The monoisotopic (exact) mass is 359 g/mol. The maximum absolute atomic E-state index is 11.9. The Kier molecular flexibility index (Phi) is 5.56. The fraction of sp³-hybridized carbons (Fsp3) is 0.263. The van der Waals surface area contributed by atoms with E-state index in [1.165, 1.54) is 11.1 Å². The average molecular weight is 360 g/mol. The fourth-order valence-corrected chi connectivity index (χ4v) is 2.92. The number of aryl methyl sites for hydroxylation is 2. The second-order valence-corrected chi connectivity index (χ2v) is 6.17. The zero-order valence-electron chi connectivity index (χ0n) is 13.6. The molecule has 0 atom stereocenters. The van der Waals surface area contributed by atoms with Crippen LogP contribution in [0.3, 0.4) is 0 Å². The summed E-state index contributed by atoms with van der Waals surface area (Å²) in [6, 6.07) is 12.7. The third kappa shape index (κ3) is 4.73. The van der Waals surface area contributed by atoms with Gasteiger partial charge in [-0.05, 0) is 54.7 Å². The molecule has 25 heavy (non-hydrogen) atoms. The highest BCUT2D eigenvalue weighted by Crippen LogP contribution is 2.25. The Morgan fingerprint density at radius 2 is 1.84 bits per heavy atom. The lowest BCUT2D eigenvalue weighted by Crippen LogP contribution is -2.23. The van der Waals surface area contributed by atoms with Crippen molar-refractivity contribution in [3.05, 3.63) is 58.6 Å². The van der Waals surface area contributed by atoms with Gasteiger partial charge in [0.25, 0.3) is 5.91 Å². The van der Waals surface area contributed by atoms with Crippen molar-refractivity contribution in [3.8, 4) is 5.75 Å². The van der Waals surface area contributed by atoms with Gasteiger partial charge in [0, 0.05) is 5.69 Å². The summed E-state index contributed by atoms with van der Waals surface area (Å²) in [5, 5.41) is 3.14. The van der Waals surface area contributed by atoms with E-state index in [-0.39, 0.29) is 19.1 Å². The summed E-state index contributed by atoms with van der Waals surface area (Å²) >= 11 is 5.92. The third-order valence-corrected chi connectivity index (χ3v) is 4.24. The highest BCUT2D eigenvalue weighted by atomic mass is 35.5. The van der Waals surface area contributed by atoms with Crippen LogP contribution in [-0.4, -0.2) is 25.1 Å². The number of nitrogens with one attached hydrogen (secondary N) is 1. The molecule has 0 bridgehead atoms. The molecule has 0 saturated carbocycles. The second-order valence-electron chi connectivity index (χ2n) is 5.76. The number of hydrogen-bond donors (Lipinski definition) is 1. The molecule has 0 unspecified atom stereocenters. The first-order valence-corrected chi connectivity index (χ1v) is 8.44. The topological polar surface area (TPSA) is 64.6 Å². The van der Waals surface area contributed by atoms with Crippen molar-refractivity contribution < 1.29 is 19.1 Å². The van der Waals surface area contributed by atoms with Crippen LogP contribution >= 0.6 is 11.6 Å². The molecule has 0 fully saturated rings. The Morgan fingerprint density at radius 1 is 1.04 bits per heavy atom. The normalized spacial score (nSPS) is 12.4. The van der Waals surface area contributed by atoms with Crippen LogP contribution in [0.1, 0.15) is 17.5 Å². The quantitative estimate of drug-likeness (QED) is 0.803.